The van der Waals surface area contributed by atoms with Crippen molar-refractivity contribution in [2.75, 3.05) is 0 Å². The van der Waals surface area contributed by atoms with Gasteiger partial charge in [-0.25, -0.2) is 9.59 Å². The fourth-order valence-corrected chi connectivity index (χ4v) is 1.48. The highest BCUT2D eigenvalue weighted by molar-refractivity contribution is 5.90. The molecule has 0 aromatic heterocycles. The molecule has 1 aromatic carbocycles. The minimum Gasteiger partial charge on any atom is -0.479 e. The molecule has 0 saturated carbocycles. The zero-order valence-electron chi connectivity index (χ0n) is 9.63. The first-order valence-corrected chi connectivity index (χ1v) is 5.09. The molecule has 110 valence electrons. The first-order chi connectivity index (χ1) is 9.05. The standard InChI is InChI=1S/C11H9F3O6/c12-11(13,14)4-1-2-5(6(3-4)9(17)18)7(15)8(16)10(19)20/h1-3,7-8,15-16H,(H,17,18)(H,19,20). The van der Waals surface area contributed by atoms with Gasteiger partial charge in [-0.3, -0.25) is 0 Å². The van der Waals surface area contributed by atoms with Crippen molar-refractivity contribution in [2.24, 2.45) is 0 Å². The van der Waals surface area contributed by atoms with Crippen LogP contribution >= 0.6 is 0 Å². The van der Waals surface area contributed by atoms with Gasteiger partial charge in [0.1, 0.15) is 6.10 Å². The maximum atomic E-state index is 12.5. The zero-order chi connectivity index (χ0) is 15.7. The second-order valence-corrected chi connectivity index (χ2v) is 3.83. The highest BCUT2D eigenvalue weighted by Crippen LogP contribution is 2.32. The summed E-state index contributed by atoms with van der Waals surface area (Å²) >= 11 is 0. The topological polar surface area (TPSA) is 115 Å². The number of carbonyl (C=O) groups is 2. The quantitative estimate of drug-likeness (QED) is 0.655. The molecule has 0 aliphatic heterocycles. The second-order valence-electron chi connectivity index (χ2n) is 3.83. The van der Waals surface area contributed by atoms with Gasteiger partial charge < -0.3 is 20.4 Å². The molecule has 1 rings (SSSR count). The monoisotopic (exact) mass is 294 g/mol. The van der Waals surface area contributed by atoms with Gasteiger partial charge in [0.05, 0.1) is 11.1 Å². The summed E-state index contributed by atoms with van der Waals surface area (Å²) in [4.78, 5) is 21.4. The van der Waals surface area contributed by atoms with Crippen LogP contribution in [0.15, 0.2) is 18.2 Å². The maximum Gasteiger partial charge on any atom is 0.416 e. The van der Waals surface area contributed by atoms with Crippen molar-refractivity contribution in [1.82, 2.24) is 0 Å². The summed E-state index contributed by atoms with van der Waals surface area (Å²) in [5, 5.41) is 35.9. The van der Waals surface area contributed by atoms with E-state index in [9.17, 15) is 27.9 Å². The summed E-state index contributed by atoms with van der Waals surface area (Å²) < 4.78 is 37.4. The third-order valence-corrected chi connectivity index (χ3v) is 2.48. The molecular weight excluding hydrogens is 285 g/mol. The molecule has 6 nitrogen and oxygen atoms in total. The van der Waals surface area contributed by atoms with Gasteiger partial charge in [0.15, 0.2) is 6.10 Å². The lowest BCUT2D eigenvalue weighted by molar-refractivity contribution is -0.153. The van der Waals surface area contributed by atoms with Gasteiger partial charge in [-0.2, -0.15) is 13.2 Å². The Bertz CT molecular complexity index is 539. The van der Waals surface area contributed by atoms with E-state index in [1.807, 2.05) is 0 Å². The maximum absolute atomic E-state index is 12.5. The molecule has 0 bridgehead atoms. The number of aliphatic hydroxyl groups is 2. The number of benzene rings is 1. The Morgan fingerprint density at radius 3 is 2.05 bits per heavy atom. The van der Waals surface area contributed by atoms with Crippen LogP contribution < -0.4 is 0 Å². The molecule has 0 saturated heterocycles. The van der Waals surface area contributed by atoms with Crippen molar-refractivity contribution < 1.29 is 43.2 Å². The van der Waals surface area contributed by atoms with E-state index in [0.29, 0.717) is 12.1 Å². The first-order valence-electron chi connectivity index (χ1n) is 5.09. The summed E-state index contributed by atoms with van der Waals surface area (Å²) in [7, 11) is 0. The largest absolute Gasteiger partial charge is 0.479 e. The molecule has 0 aliphatic carbocycles. The van der Waals surface area contributed by atoms with Crippen molar-refractivity contribution in [1.29, 1.82) is 0 Å². The Balaban J connectivity index is 3.34. The first kappa shape index (κ1) is 15.9. The number of carboxylic acid groups (broad SMARTS) is 2. The van der Waals surface area contributed by atoms with Crippen LogP contribution in [-0.4, -0.2) is 38.5 Å². The minimum absolute atomic E-state index is 0.259. The predicted molar refractivity (Wildman–Crippen MR) is 57.0 cm³/mol. The van der Waals surface area contributed by atoms with Gasteiger partial charge in [-0.15, -0.1) is 0 Å². The molecule has 0 radical (unpaired) electrons. The Morgan fingerprint density at radius 1 is 1.10 bits per heavy atom. The lowest BCUT2D eigenvalue weighted by atomic mass is 9.96. The fraction of sp³-hybridized carbons (Fsp3) is 0.273. The molecular formula is C11H9F3O6. The van der Waals surface area contributed by atoms with Gasteiger partial charge in [-0.05, 0) is 17.7 Å². The van der Waals surface area contributed by atoms with Gasteiger partial charge in [0, 0.05) is 0 Å². The van der Waals surface area contributed by atoms with E-state index in [2.05, 4.69) is 0 Å². The number of aromatic carboxylic acids is 1. The van der Waals surface area contributed by atoms with E-state index in [1.54, 1.807) is 0 Å². The van der Waals surface area contributed by atoms with Crippen molar-refractivity contribution >= 4 is 11.9 Å². The van der Waals surface area contributed by atoms with Crippen molar-refractivity contribution in [3.63, 3.8) is 0 Å². The number of rotatable bonds is 4. The van der Waals surface area contributed by atoms with Gasteiger partial charge in [0.2, 0.25) is 0 Å². The average molecular weight is 294 g/mol. The molecule has 0 fully saturated rings. The smallest absolute Gasteiger partial charge is 0.416 e. The van der Waals surface area contributed by atoms with Crippen LogP contribution in [0.5, 0.6) is 0 Å². The Hall–Kier alpha value is -2.13. The SMILES string of the molecule is O=C(O)c1cc(C(F)(F)F)ccc1C(O)C(O)C(=O)O. The predicted octanol–water partition coefficient (Wildman–Crippen LogP) is 0.882. The normalized spacial score (nSPS) is 14.7. The summed E-state index contributed by atoms with van der Waals surface area (Å²) in [6.45, 7) is 0. The lowest BCUT2D eigenvalue weighted by Gasteiger charge is -2.17. The van der Waals surface area contributed by atoms with Crippen LogP contribution in [0.4, 0.5) is 13.2 Å². The number of halogens is 3. The third-order valence-electron chi connectivity index (χ3n) is 2.48. The van der Waals surface area contributed by atoms with Gasteiger partial charge >= 0.3 is 18.1 Å². The van der Waals surface area contributed by atoms with Crippen molar-refractivity contribution in [2.45, 2.75) is 18.4 Å². The number of aliphatic hydroxyl groups excluding tert-OH is 2. The summed E-state index contributed by atoms with van der Waals surface area (Å²) in [6.07, 6.45) is -9.32. The molecule has 0 amide bonds. The molecule has 0 spiro atoms. The highest BCUT2D eigenvalue weighted by Gasteiger charge is 2.34. The van der Waals surface area contributed by atoms with Crippen LogP contribution in [0.1, 0.15) is 27.6 Å². The highest BCUT2D eigenvalue weighted by atomic mass is 19.4. The Labute approximate surface area is 109 Å². The van der Waals surface area contributed by atoms with E-state index in [4.69, 9.17) is 15.3 Å². The Kier molecular flexibility index (Phi) is 4.36. The average Bonchev–Trinajstić information content (AvgIpc) is 2.34. The van der Waals surface area contributed by atoms with Crippen molar-refractivity contribution in [3.8, 4) is 0 Å². The molecule has 20 heavy (non-hydrogen) atoms. The molecule has 2 atom stereocenters. The summed E-state index contributed by atoms with van der Waals surface area (Å²) in [5.41, 5.74) is -2.83. The molecule has 0 heterocycles. The Morgan fingerprint density at radius 2 is 1.65 bits per heavy atom. The molecule has 0 aliphatic rings. The minimum atomic E-state index is -4.79. The van der Waals surface area contributed by atoms with E-state index < -0.39 is 47.0 Å². The van der Waals surface area contributed by atoms with Gasteiger partial charge in [0.25, 0.3) is 0 Å². The van der Waals surface area contributed by atoms with Gasteiger partial charge in [-0.1, -0.05) is 6.07 Å². The number of aliphatic carboxylic acids is 1. The summed E-state index contributed by atoms with van der Waals surface area (Å²) in [6, 6.07) is 1.36. The van der Waals surface area contributed by atoms with E-state index in [-0.39, 0.29) is 6.07 Å². The van der Waals surface area contributed by atoms with Crippen LogP contribution in [0.25, 0.3) is 0 Å². The molecule has 4 N–H and O–H groups in total. The number of hydrogen-bond donors (Lipinski definition) is 4. The lowest BCUT2D eigenvalue weighted by Crippen LogP contribution is -2.28. The van der Waals surface area contributed by atoms with E-state index in [1.165, 1.54) is 0 Å². The molecule has 2 unspecified atom stereocenters. The molecule has 9 heteroatoms. The molecule has 1 aromatic rings. The van der Waals surface area contributed by atoms with Crippen LogP contribution in [0.2, 0.25) is 0 Å². The number of hydrogen-bond acceptors (Lipinski definition) is 4. The van der Waals surface area contributed by atoms with Crippen LogP contribution in [0.3, 0.4) is 0 Å². The number of carboxylic acids is 2. The van der Waals surface area contributed by atoms with Crippen LogP contribution in [-0.2, 0) is 11.0 Å². The second kappa shape index (κ2) is 5.47. The van der Waals surface area contributed by atoms with E-state index >= 15 is 0 Å². The third kappa shape index (κ3) is 3.25. The zero-order valence-corrected chi connectivity index (χ0v) is 9.63. The summed E-state index contributed by atoms with van der Waals surface area (Å²) in [5.74, 6) is -3.63. The van der Waals surface area contributed by atoms with E-state index in [0.717, 1.165) is 0 Å². The van der Waals surface area contributed by atoms with Crippen LogP contribution in [0, 0.1) is 0 Å². The number of alkyl halides is 3. The fourth-order valence-electron chi connectivity index (χ4n) is 1.48. The van der Waals surface area contributed by atoms with Crippen molar-refractivity contribution in [3.05, 3.63) is 34.9 Å².